The molecular weight excluding hydrogens is 368 g/mol. The maximum absolute atomic E-state index is 10.5. The van der Waals surface area contributed by atoms with E-state index in [4.69, 9.17) is 4.74 Å². The van der Waals surface area contributed by atoms with Crippen molar-refractivity contribution in [1.82, 2.24) is 0 Å². The molecule has 0 amide bonds. The predicted octanol–water partition coefficient (Wildman–Crippen LogP) is 4.39. The molecule has 160 valence electrons. The van der Waals surface area contributed by atoms with Crippen molar-refractivity contribution >= 4 is 0 Å². The first kappa shape index (κ1) is 23.4. The van der Waals surface area contributed by atoms with Crippen molar-refractivity contribution < 1.29 is 25.2 Å². The third-order valence-electron chi connectivity index (χ3n) is 4.87. The molecule has 0 fully saturated rings. The van der Waals surface area contributed by atoms with Gasteiger partial charge in [-0.1, -0.05) is 0 Å². The van der Waals surface area contributed by atoms with Crippen molar-refractivity contribution in [3.05, 3.63) is 58.7 Å². The van der Waals surface area contributed by atoms with Crippen LogP contribution >= 0.6 is 0 Å². The molecule has 0 aliphatic carbocycles. The molecule has 2 rings (SSSR count). The lowest BCUT2D eigenvalue weighted by atomic mass is 9.90. The maximum Gasteiger partial charge on any atom is 0.128 e. The van der Waals surface area contributed by atoms with Crippen molar-refractivity contribution in [3.63, 3.8) is 0 Å². The highest BCUT2D eigenvalue weighted by Gasteiger charge is 2.25. The van der Waals surface area contributed by atoms with Crippen molar-refractivity contribution in [2.45, 2.75) is 77.8 Å². The van der Waals surface area contributed by atoms with Gasteiger partial charge in [0.05, 0.1) is 22.4 Å². The van der Waals surface area contributed by atoms with Crippen LogP contribution in [0.3, 0.4) is 0 Å². The number of hydrogen-bond acceptors (Lipinski definition) is 5. The molecule has 2 aromatic carbocycles. The van der Waals surface area contributed by atoms with Crippen LogP contribution in [0.25, 0.3) is 0 Å². The minimum atomic E-state index is -1.12. The molecule has 29 heavy (non-hydrogen) atoms. The van der Waals surface area contributed by atoms with Crippen LogP contribution in [-0.4, -0.2) is 20.4 Å². The first-order valence-corrected chi connectivity index (χ1v) is 9.77. The zero-order valence-corrected chi connectivity index (χ0v) is 18.7. The van der Waals surface area contributed by atoms with Crippen LogP contribution in [0, 0.1) is 0 Å². The van der Waals surface area contributed by atoms with Crippen LogP contribution < -0.4 is 4.74 Å². The fraction of sp³-hybridized carbons (Fsp3) is 0.500. The van der Waals surface area contributed by atoms with E-state index in [-0.39, 0.29) is 0 Å². The zero-order valence-electron chi connectivity index (χ0n) is 18.7. The standard InChI is InChI=1S/C24H34O5/c1-21(2,25)15-9-16(22(3,4)26)12-19(11-15)29-20-13-17(23(5,6)27)10-18(14-20)24(7,8)28/h9-14,25-28H,1-8H3. The number of hydrogen-bond donors (Lipinski definition) is 4. The molecule has 0 radical (unpaired) electrons. The SMILES string of the molecule is CC(C)(O)c1cc(Oc2cc(C(C)(C)O)cc(C(C)(C)O)c2)cc(C(C)(C)O)c1. The Balaban J connectivity index is 2.61. The molecule has 0 saturated heterocycles. The Morgan fingerprint density at radius 3 is 0.828 bits per heavy atom. The van der Waals surface area contributed by atoms with Crippen LogP contribution in [0.15, 0.2) is 36.4 Å². The Morgan fingerprint density at radius 2 is 0.655 bits per heavy atom. The highest BCUT2D eigenvalue weighted by Crippen LogP contribution is 2.36. The summed E-state index contributed by atoms with van der Waals surface area (Å²) in [6.45, 7) is 13.3. The van der Waals surface area contributed by atoms with Crippen LogP contribution in [-0.2, 0) is 22.4 Å². The van der Waals surface area contributed by atoms with Gasteiger partial charge >= 0.3 is 0 Å². The second-order valence-corrected chi connectivity index (χ2v) is 9.83. The molecule has 0 saturated carbocycles. The van der Waals surface area contributed by atoms with Crippen LogP contribution in [0.2, 0.25) is 0 Å². The van der Waals surface area contributed by atoms with Gasteiger partial charge in [0.25, 0.3) is 0 Å². The normalized spacial score (nSPS) is 13.5. The molecule has 4 N–H and O–H groups in total. The second kappa shape index (κ2) is 7.40. The van der Waals surface area contributed by atoms with E-state index >= 15 is 0 Å². The molecule has 0 atom stereocenters. The van der Waals surface area contributed by atoms with Gasteiger partial charge in [0.1, 0.15) is 11.5 Å². The van der Waals surface area contributed by atoms with Gasteiger partial charge in [0.2, 0.25) is 0 Å². The Hall–Kier alpha value is -1.92. The molecular formula is C24H34O5. The average molecular weight is 403 g/mol. The highest BCUT2D eigenvalue weighted by molar-refractivity contribution is 5.44. The fourth-order valence-electron chi connectivity index (χ4n) is 2.86. The largest absolute Gasteiger partial charge is 0.457 e. The van der Waals surface area contributed by atoms with E-state index in [1.807, 2.05) is 0 Å². The molecule has 5 nitrogen and oxygen atoms in total. The van der Waals surface area contributed by atoms with E-state index in [9.17, 15) is 20.4 Å². The topological polar surface area (TPSA) is 90.2 Å². The Morgan fingerprint density at radius 1 is 0.448 bits per heavy atom. The van der Waals surface area contributed by atoms with Gasteiger partial charge in [-0.2, -0.15) is 0 Å². The smallest absolute Gasteiger partial charge is 0.128 e. The quantitative estimate of drug-likeness (QED) is 0.575. The number of benzene rings is 2. The predicted molar refractivity (Wildman–Crippen MR) is 114 cm³/mol. The van der Waals surface area contributed by atoms with Crippen molar-refractivity contribution in [3.8, 4) is 11.5 Å². The van der Waals surface area contributed by atoms with Gasteiger partial charge in [-0.15, -0.1) is 0 Å². The monoisotopic (exact) mass is 402 g/mol. The summed E-state index contributed by atoms with van der Waals surface area (Å²) in [5, 5.41) is 41.9. The maximum atomic E-state index is 10.5. The van der Waals surface area contributed by atoms with Gasteiger partial charge in [-0.3, -0.25) is 0 Å². The van der Waals surface area contributed by atoms with Gasteiger partial charge in [0, 0.05) is 0 Å². The third kappa shape index (κ3) is 6.03. The zero-order chi connectivity index (χ0) is 22.4. The number of rotatable bonds is 6. The molecule has 0 unspecified atom stereocenters. The first-order chi connectivity index (χ1) is 12.9. The van der Waals surface area contributed by atoms with Crippen LogP contribution in [0.1, 0.15) is 77.6 Å². The van der Waals surface area contributed by atoms with Crippen LogP contribution in [0.5, 0.6) is 11.5 Å². The number of aliphatic hydroxyl groups is 4. The molecule has 0 heterocycles. The van der Waals surface area contributed by atoms with E-state index in [2.05, 4.69) is 0 Å². The lowest BCUT2D eigenvalue weighted by Crippen LogP contribution is -2.21. The molecule has 0 aromatic heterocycles. The molecule has 0 aliphatic rings. The Kier molecular flexibility index (Phi) is 5.96. The van der Waals surface area contributed by atoms with E-state index < -0.39 is 22.4 Å². The third-order valence-corrected chi connectivity index (χ3v) is 4.87. The summed E-state index contributed by atoms with van der Waals surface area (Å²) in [6.07, 6.45) is 0. The second-order valence-electron chi connectivity index (χ2n) is 9.83. The molecule has 0 bridgehead atoms. The Labute approximate surface area is 173 Å². The highest BCUT2D eigenvalue weighted by atomic mass is 16.5. The van der Waals surface area contributed by atoms with E-state index in [1.165, 1.54) is 0 Å². The minimum absolute atomic E-state index is 0.441. The summed E-state index contributed by atoms with van der Waals surface area (Å²) >= 11 is 0. The van der Waals surface area contributed by atoms with Crippen molar-refractivity contribution in [2.75, 3.05) is 0 Å². The van der Waals surface area contributed by atoms with Gasteiger partial charge in [-0.25, -0.2) is 0 Å². The van der Waals surface area contributed by atoms with Gasteiger partial charge in [-0.05, 0) is 114 Å². The van der Waals surface area contributed by atoms with Gasteiger partial charge < -0.3 is 25.2 Å². The van der Waals surface area contributed by atoms with E-state index in [1.54, 1.807) is 91.8 Å². The fourth-order valence-corrected chi connectivity index (χ4v) is 2.86. The van der Waals surface area contributed by atoms with Crippen LogP contribution in [0.4, 0.5) is 0 Å². The summed E-state index contributed by atoms with van der Waals surface area (Å²) < 4.78 is 6.08. The summed E-state index contributed by atoms with van der Waals surface area (Å²) in [4.78, 5) is 0. The summed E-state index contributed by atoms with van der Waals surface area (Å²) in [7, 11) is 0. The lowest BCUT2D eigenvalue weighted by molar-refractivity contribution is 0.0709. The van der Waals surface area contributed by atoms with E-state index in [0.717, 1.165) is 0 Å². The van der Waals surface area contributed by atoms with E-state index in [0.29, 0.717) is 33.8 Å². The molecule has 5 heteroatoms. The Bertz CT molecular complexity index is 734. The average Bonchev–Trinajstić information content (AvgIpc) is 2.51. The van der Waals surface area contributed by atoms with Crippen molar-refractivity contribution in [2.24, 2.45) is 0 Å². The lowest BCUT2D eigenvalue weighted by Gasteiger charge is -2.26. The molecule has 0 aliphatic heterocycles. The summed E-state index contributed by atoms with van der Waals surface area (Å²) in [5.74, 6) is 0.882. The minimum Gasteiger partial charge on any atom is -0.457 e. The molecule has 0 spiro atoms. The summed E-state index contributed by atoms with van der Waals surface area (Å²) in [5.41, 5.74) is -2.05. The summed E-state index contributed by atoms with van der Waals surface area (Å²) in [6, 6.07) is 10.4. The van der Waals surface area contributed by atoms with Gasteiger partial charge in [0.15, 0.2) is 0 Å². The number of ether oxygens (including phenoxy) is 1. The molecule has 2 aromatic rings. The van der Waals surface area contributed by atoms with Crippen molar-refractivity contribution in [1.29, 1.82) is 0 Å². The first-order valence-electron chi connectivity index (χ1n) is 9.77.